The Morgan fingerprint density at radius 2 is 1.79 bits per heavy atom. The second-order valence-corrected chi connectivity index (χ2v) is 6.09. The first-order valence-corrected chi connectivity index (χ1v) is 8.26. The Morgan fingerprint density at radius 1 is 1.08 bits per heavy atom. The molecule has 0 aliphatic carbocycles. The van der Waals surface area contributed by atoms with Gasteiger partial charge >= 0.3 is 0 Å². The van der Waals surface area contributed by atoms with E-state index in [1.54, 1.807) is 13.0 Å². The monoisotopic (exact) mass is 319 g/mol. The third-order valence-electron chi connectivity index (χ3n) is 4.47. The number of allylic oxidation sites excluding steroid dienone is 1. The van der Waals surface area contributed by atoms with Crippen LogP contribution in [0.1, 0.15) is 36.1 Å². The minimum absolute atomic E-state index is 0.0225. The highest BCUT2D eigenvalue weighted by Crippen LogP contribution is 2.32. The van der Waals surface area contributed by atoms with E-state index < -0.39 is 0 Å². The van der Waals surface area contributed by atoms with Crippen molar-refractivity contribution in [1.82, 2.24) is 4.90 Å². The van der Waals surface area contributed by atoms with E-state index in [1.165, 1.54) is 5.56 Å². The molecule has 1 heterocycles. The number of hydrogen-bond donors (Lipinski definition) is 0. The molecule has 0 bridgehead atoms. The fraction of sp³-hybridized carbons (Fsp3) is 0.238. The summed E-state index contributed by atoms with van der Waals surface area (Å²) in [4.78, 5) is 26.2. The van der Waals surface area contributed by atoms with E-state index >= 15 is 0 Å². The molecule has 1 aliphatic heterocycles. The Kier molecular flexibility index (Phi) is 4.90. The van der Waals surface area contributed by atoms with Crippen LogP contribution in [0.25, 0.3) is 6.08 Å². The zero-order valence-electron chi connectivity index (χ0n) is 13.8. The Hall–Kier alpha value is -2.68. The van der Waals surface area contributed by atoms with Gasteiger partial charge in [-0.1, -0.05) is 60.7 Å². The van der Waals surface area contributed by atoms with Gasteiger partial charge in [0.15, 0.2) is 5.78 Å². The van der Waals surface area contributed by atoms with Gasteiger partial charge in [0.2, 0.25) is 5.91 Å². The smallest absolute Gasteiger partial charge is 0.219 e. The van der Waals surface area contributed by atoms with Crippen LogP contribution in [0.5, 0.6) is 0 Å². The number of fused-ring (bicyclic) bond motifs is 1. The number of carbonyl (C=O) groups excluding carboxylic acids is 2. The van der Waals surface area contributed by atoms with Crippen molar-refractivity contribution in [2.75, 3.05) is 6.54 Å². The number of carbonyl (C=O) groups is 2. The van der Waals surface area contributed by atoms with Crippen molar-refractivity contribution in [2.24, 2.45) is 0 Å². The highest BCUT2D eigenvalue weighted by Gasteiger charge is 2.29. The van der Waals surface area contributed by atoms with Crippen LogP contribution in [0.15, 0.2) is 60.7 Å². The normalized spacial score (nSPS) is 16.9. The highest BCUT2D eigenvalue weighted by atomic mass is 16.2. The van der Waals surface area contributed by atoms with Gasteiger partial charge in [-0.2, -0.15) is 0 Å². The first-order valence-electron chi connectivity index (χ1n) is 8.26. The van der Waals surface area contributed by atoms with Crippen LogP contribution in [-0.2, 0) is 16.0 Å². The number of nitrogens with zero attached hydrogens (tertiary/aromatic N) is 1. The third-order valence-corrected chi connectivity index (χ3v) is 4.47. The Bertz CT molecular complexity index is 764. The van der Waals surface area contributed by atoms with E-state index in [1.807, 2.05) is 59.5 Å². The van der Waals surface area contributed by atoms with Crippen molar-refractivity contribution in [1.29, 1.82) is 0 Å². The van der Waals surface area contributed by atoms with Crippen molar-refractivity contribution in [3.63, 3.8) is 0 Å². The predicted octanol–water partition coefficient (Wildman–Crippen LogP) is 3.80. The molecule has 0 N–H and O–H groups in total. The minimum atomic E-state index is -0.166. The van der Waals surface area contributed by atoms with Gasteiger partial charge in [0.25, 0.3) is 0 Å². The predicted molar refractivity (Wildman–Crippen MR) is 95.4 cm³/mol. The fourth-order valence-corrected chi connectivity index (χ4v) is 3.26. The molecule has 1 aliphatic rings. The van der Waals surface area contributed by atoms with Gasteiger partial charge in [-0.3, -0.25) is 9.59 Å². The SMILES string of the molecule is CC(=O)N1CCc2ccccc2C1CC(=O)/C=C/c1ccccc1. The van der Waals surface area contributed by atoms with Gasteiger partial charge in [0, 0.05) is 19.9 Å². The van der Waals surface area contributed by atoms with Gasteiger partial charge < -0.3 is 4.90 Å². The molecular weight excluding hydrogens is 298 g/mol. The lowest BCUT2D eigenvalue weighted by Gasteiger charge is -2.36. The minimum Gasteiger partial charge on any atom is -0.335 e. The standard InChI is InChI=1S/C21H21NO2/c1-16(23)22-14-13-18-9-5-6-10-20(18)21(22)15-19(24)12-11-17-7-3-2-4-8-17/h2-12,21H,13-15H2,1H3/b12-11+. The fourth-order valence-electron chi connectivity index (χ4n) is 3.26. The molecule has 0 radical (unpaired) electrons. The lowest BCUT2D eigenvalue weighted by molar-refractivity contribution is -0.132. The quantitative estimate of drug-likeness (QED) is 0.804. The zero-order valence-corrected chi connectivity index (χ0v) is 13.8. The second kappa shape index (κ2) is 7.26. The topological polar surface area (TPSA) is 37.4 Å². The van der Waals surface area contributed by atoms with Crippen LogP contribution in [0.2, 0.25) is 0 Å². The van der Waals surface area contributed by atoms with E-state index in [0.717, 1.165) is 17.5 Å². The highest BCUT2D eigenvalue weighted by molar-refractivity contribution is 5.94. The van der Waals surface area contributed by atoms with Crippen LogP contribution in [0.3, 0.4) is 0 Å². The molecule has 0 saturated heterocycles. The average molecular weight is 319 g/mol. The third kappa shape index (κ3) is 3.62. The second-order valence-electron chi connectivity index (χ2n) is 6.09. The lowest BCUT2D eigenvalue weighted by Crippen LogP contribution is -2.39. The van der Waals surface area contributed by atoms with Crippen molar-refractivity contribution < 1.29 is 9.59 Å². The van der Waals surface area contributed by atoms with Crippen molar-refractivity contribution >= 4 is 17.8 Å². The van der Waals surface area contributed by atoms with Crippen molar-refractivity contribution in [3.8, 4) is 0 Å². The Balaban J connectivity index is 1.79. The molecule has 3 heteroatoms. The molecular formula is C21H21NO2. The summed E-state index contributed by atoms with van der Waals surface area (Å²) in [6, 6.07) is 17.7. The molecule has 24 heavy (non-hydrogen) atoms. The van der Waals surface area contributed by atoms with E-state index in [2.05, 4.69) is 6.07 Å². The molecule has 3 rings (SSSR count). The van der Waals surface area contributed by atoms with Crippen LogP contribution in [-0.4, -0.2) is 23.1 Å². The largest absolute Gasteiger partial charge is 0.335 e. The van der Waals surface area contributed by atoms with E-state index in [4.69, 9.17) is 0 Å². The molecule has 2 aromatic rings. The molecule has 1 unspecified atom stereocenters. The zero-order chi connectivity index (χ0) is 16.9. The van der Waals surface area contributed by atoms with Gasteiger partial charge in [-0.15, -0.1) is 0 Å². The summed E-state index contributed by atoms with van der Waals surface area (Å²) in [5.74, 6) is 0.0566. The summed E-state index contributed by atoms with van der Waals surface area (Å²) in [7, 11) is 0. The number of hydrogen-bond acceptors (Lipinski definition) is 2. The van der Waals surface area contributed by atoms with E-state index in [9.17, 15) is 9.59 Å². The molecule has 3 nitrogen and oxygen atoms in total. The van der Waals surface area contributed by atoms with E-state index in [-0.39, 0.29) is 17.7 Å². The number of ketones is 1. The van der Waals surface area contributed by atoms with E-state index in [0.29, 0.717) is 13.0 Å². The molecule has 2 aromatic carbocycles. The lowest BCUT2D eigenvalue weighted by atomic mass is 9.89. The molecule has 122 valence electrons. The Labute approximate surface area is 142 Å². The number of rotatable bonds is 4. The summed E-state index contributed by atoms with van der Waals surface area (Å²) in [5.41, 5.74) is 3.33. The van der Waals surface area contributed by atoms with Crippen LogP contribution >= 0.6 is 0 Å². The molecule has 1 atom stereocenters. The van der Waals surface area contributed by atoms with Gasteiger partial charge in [0.05, 0.1) is 6.04 Å². The summed E-state index contributed by atoms with van der Waals surface area (Å²) in [5, 5.41) is 0. The maximum atomic E-state index is 12.4. The number of amides is 1. The molecule has 0 aromatic heterocycles. The summed E-state index contributed by atoms with van der Waals surface area (Å²) < 4.78 is 0. The summed E-state index contributed by atoms with van der Waals surface area (Å²) in [6.45, 7) is 2.25. The van der Waals surface area contributed by atoms with Gasteiger partial charge in [0.1, 0.15) is 0 Å². The van der Waals surface area contributed by atoms with Crippen LogP contribution in [0, 0.1) is 0 Å². The van der Waals surface area contributed by atoms with Crippen molar-refractivity contribution in [2.45, 2.75) is 25.8 Å². The molecule has 0 saturated carbocycles. The average Bonchev–Trinajstić information content (AvgIpc) is 2.61. The van der Waals surface area contributed by atoms with Gasteiger partial charge in [-0.25, -0.2) is 0 Å². The van der Waals surface area contributed by atoms with Crippen LogP contribution in [0.4, 0.5) is 0 Å². The first kappa shape index (κ1) is 16.2. The number of benzene rings is 2. The molecule has 0 spiro atoms. The maximum absolute atomic E-state index is 12.4. The molecule has 1 amide bonds. The maximum Gasteiger partial charge on any atom is 0.219 e. The Morgan fingerprint density at radius 3 is 2.54 bits per heavy atom. The van der Waals surface area contributed by atoms with Gasteiger partial charge in [-0.05, 0) is 29.2 Å². The summed E-state index contributed by atoms with van der Waals surface area (Å²) >= 11 is 0. The summed E-state index contributed by atoms with van der Waals surface area (Å²) in [6.07, 6.45) is 4.61. The van der Waals surface area contributed by atoms with Crippen LogP contribution < -0.4 is 0 Å². The first-order chi connectivity index (χ1) is 11.6. The van der Waals surface area contributed by atoms with Crippen molar-refractivity contribution in [3.05, 3.63) is 77.4 Å². The molecule has 0 fully saturated rings.